The van der Waals surface area contributed by atoms with Crippen LogP contribution >= 0.6 is 0 Å². The SMILES string of the molecule is COCCOc1ccc(C(F)(F)F)cc1NC(=O)COC(=O)c1ccccc1. The first kappa shape index (κ1) is 21.2. The molecule has 0 aliphatic heterocycles. The van der Waals surface area contributed by atoms with Gasteiger partial charge in [0.25, 0.3) is 5.91 Å². The molecule has 1 N–H and O–H groups in total. The van der Waals surface area contributed by atoms with E-state index in [-0.39, 0.29) is 30.2 Å². The monoisotopic (exact) mass is 397 g/mol. The number of nitrogens with one attached hydrogen (secondary N) is 1. The normalized spacial score (nSPS) is 11.0. The molecule has 1 amide bonds. The fourth-order valence-corrected chi connectivity index (χ4v) is 2.14. The number of hydrogen-bond acceptors (Lipinski definition) is 5. The maximum absolute atomic E-state index is 12.9. The number of rotatable bonds is 8. The van der Waals surface area contributed by atoms with Gasteiger partial charge in [-0.15, -0.1) is 0 Å². The van der Waals surface area contributed by atoms with Crippen LogP contribution in [0.4, 0.5) is 18.9 Å². The highest BCUT2D eigenvalue weighted by Crippen LogP contribution is 2.35. The first-order valence-corrected chi connectivity index (χ1v) is 8.16. The third kappa shape index (κ3) is 6.27. The fourth-order valence-electron chi connectivity index (χ4n) is 2.14. The Labute approximate surface area is 159 Å². The van der Waals surface area contributed by atoms with E-state index >= 15 is 0 Å². The molecule has 0 spiro atoms. The van der Waals surface area contributed by atoms with Crippen LogP contribution in [0.2, 0.25) is 0 Å². The quantitative estimate of drug-likeness (QED) is 0.545. The average Bonchev–Trinajstić information content (AvgIpc) is 2.67. The fraction of sp³-hybridized carbons (Fsp3) is 0.263. The Kier molecular flexibility index (Phi) is 7.39. The molecule has 0 atom stereocenters. The molecule has 0 radical (unpaired) electrons. The van der Waals surface area contributed by atoms with Crippen molar-refractivity contribution in [1.82, 2.24) is 0 Å². The third-order valence-corrected chi connectivity index (χ3v) is 3.47. The van der Waals surface area contributed by atoms with Gasteiger partial charge in [-0.25, -0.2) is 4.79 Å². The predicted molar refractivity (Wildman–Crippen MR) is 94.2 cm³/mol. The van der Waals surface area contributed by atoms with E-state index in [4.69, 9.17) is 14.2 Å². The number of hydrogen-bond donors (Lipinski definition) is 1. The number of carbonyl (C=O) groups is 2. The third-order valence-electron chi connectivity index (χ3n) is 3.47. The zero-order chi connectivity index (χ0) is 20.6. The molecule has 0 unspecified atom stereocenters. The van der Waals surface area contributed by atoms with Gasteiger partial charge in [0.05, 0.1) is 23.4 Å². The van der Waals surface area contributed by atoms with Gasteiger partial charge in [0, 0.05) is 7.11 Å². The molecule has 6 nitrogen and oxygen atoms in total. The number of ether oxygens (including phenoxy) is 3. The summed E-state index contributed by atoms with van der Waals surface area (Å²) >= 11 is 0. The molecule has 28 heavy (non-hydrogen) atoms. The van der Waals surface area contributed by atoms with E-state index in [1.807, 2.05) is 0 Å². The van der Waals surface area contributed by atoms with Crippen molar-refractivity contribution < 1.29 is 37.0 Å². The highest BCUT2D eigenvalue weighted by Gasteiger charge is 2.31. The van der Waals surface area contributed by atoms with Gasteiger partial charge in [-0.3, -0.25) is 4.79 Å². The molecule has 9 heteroatoms. The molecule has 0 saturated heterocycles. The summed E-state index contributed by atoms with van der Waals surface area (Å²) in [4.78, 5) is 23.9. The van der Waals surface area contributed by atoms with Gasteiger partial charge < -0.3 is 19.5 Å². The lowest BCUT2D eigenvalue weighted by molar-refractivity contribution is -0.137. The van der Waals surface area contributed by atoms with Gasteiger partial charge in [0.2, 0.25) is 0 Å². The van der Waals surface area contributed by atoms with Gasteiger partial charge in [0.15, 0.2) is 6.61 Å². The van der Waals surface area contributed by atoms with Gasteiger partial charge in [-0.1, -0.05) is 18.2 Å². The van der Waals surface area contributed by atoms with E-state index in [1.165, 1.54) is 19.2 Å². The van der Waals surface area contributed by atoms with Crippen molar-refractivity contribution in [1.29, 1.82) is 0 Å². The standard InChI is InChI=1S/C19H18F3NO5/c1-26-9-10-27-16-8-7-14(19(20,21)22)11-15(16)23-17(24)12-28-18(25)13-5-3-2-4-6-13/h2-8,11H,9-10,12H2,1H3,(H,23,24). The summed E-state index contributed by atoms with van der Waals surface area (Å²) in [5.41, 5.74) is -0.896. The van der Waals surface area contributed by atoms with Gasteiger partial charge in [0.1, 0.15) is 12.4 Å². The van der Waals surface area contributed by atoms with Gasteiger partial charge >= 0.3 is 12.1 Å². The van der Waals surface area contributed by atoms with E-state index < -0.39 is 30.2 Å². The number of anilines is 1. The Balaban J connectivity index is 2.06. The minimum atomic E-state index is -4.59. The number of esters is 1. The number of amides is 1. The molecule has 0 saturated carbocycles. The molecule has 0 fully saturated rings. The van der Waals surface area contributed by atoms with Crippen molar-refractivity contribution in [2.45, 2.75) is 6.18 Å². The second-order valence-corrected chi connectivity index (χ2v) is 5.54. The van der Waals surface area contributed by atoms with Gasteiger partial charge in [-0.05, 0) is 30.3 Å². The molecular weight excluding hydrogens is 379 g/mol. The molecule has 2 rings (SSSR count). The van der Waals surface area contributed by atoms with E-state index in [2.05, 4.69) is 5.32 Å². The second-order valence-electron chi connectivity index (χ2n) is 5.54. The Hall–Kier alpha value is -3.07. The minimum Gasteiger partial charge on any atom is -0.489 e. The van der Waals surface area contributed by atoms with Crippen LogP contribution in [0.5, 0.6) is 5.75 Å². The number of halogens is 3. The summed E-state index contributed by atoms with van der Waals surface area (Å²) in [6, 6.07) is 10.7. The summed E-state index contributed by atoms with van der Waals surface area (Å²) in [5, 5.41) is 2.27. The largest absolute Gasteiger partial charge is 0.489 e. The second kappa shape index (κ2) is 9.75. The van der Waals surface area contributed by atoms with Crippen LogP contribution in [-0.2, 0) is 20.4 Å². The predicted octanol–water partition coefficient (Wildman–Crippen LogP) is 3.53. The van der Waals surface area contributed by atoms with Crippen LogP contribution in [0, 0.1) is 0 Å². The molecule has 0 aliphatic rings. The number of carbonyl (C=O) groups excluding carboxylic acids is 2. The molecule has 0 aliphatic carbocycles. The lowest BCUT2D eigenvalue weighted by Gasteiger charge is -2.15. The van der Waals surface area contributed by atoms with E-state index in [1.54, 1.807) is 18.2 Å². The van der Waals surface area contributed by atoms with Crippen LogP contribution in [0.3, 0.4) is 0 Å². The Bertz CT molecular complexity index is 809. The Morgan fingerprint density at radius 3 is 2.39 bits per heavy atom. The lowest BCUT2D eigenvalue weighted by Crippen LogP contribution is -2.22. The molecule has 0 bridgehead atoms. The molecule has 0 heterocycles. The van der Waals surface area contributed by atoms with E-state index in [9.17, 15) is 22.8 Å². The maximum Gasteiger partial charge on any atom is 0.416 e. The number of benzene rings is 2. The van der Waals surface area contributed by atoms with Crippen LogP contribution in [-0.4, -0.2) is 38.8 Å². The lowest BCUT2D eigenvalue weighted by atomic mass is 10.1. The summed E-state index contributed by atoms with van der Waals surface area (Å²) < 4.78 is 53.8. The maximum atomic E-state index is 12.9. The van der Waals surface area contributed by atoms with Crippen molar-refractivity contribution in [3.8, 4) is 5.75 Å². The van der Waals surface area contributed by atoms with Crippen molar-refractivity contribution in [2.24, 2.45) is 0 Å². The minimum absolute atomic E-state index is 0.0350. The van der Waals surface area contributed by atoms with Gasteiger partial charge in [-0.2, -0.15) is 13.2 Å². The highest BCUT2D eigenvalue weighted by molar-refractivity contribution is 5.96. The Morgan fingerprint density at radius 2 is 1.75 bits per heavy atom. The molecular formula is C19H18F3NO5. The number of methoxy groups -OCH3 is 1. The van der Waals surface area contributed by atoms with Crippen LogP contribution < -0.4 is 10.1 Å². The first-order chi connectivity index (χ1) is 13.3. The summed E-state index contributed by atoms with van der Waals surface area (Å²) in [6.07, 6.45) is -4.59. The van der Waals surface area contributed by atoms with Crippen LogP contribution in [0.1, 0.15) is 15.9 Å². The summed E-state index contributed by atoms with van der Waals surface area (Å²) in [5.74, 6) is -1.50. The molecule has 150 valence electrons. The van der Waals surface area contributed by atoms with E-state index in [0.717, 1.165) is 18.2 Å². The van der Waals surface area contributed by atoms with Crippen molar-refractivity contribution in [2.75, 3.05) is 32.2 Å². The molecule has 2 aromatic rings. The Morgan fingerprint density at radius 1 is 1.04 bits per heavy atom. The summed E-state index contributed by atoms with van der Waals surface area (Å²) in [6.45, 7) is -0.377. The smallest absolute Gasteiger partial charge is 0.416 e. The molecule has 0 aromatic heterocycles. The van der Waals surface area contributed by atoms with Crippen molar-refractivity contribution in [3.63, 3.8) is 0 Å². The van der Waals surface area contributed by atoms with Crippen molar-refractivity contribution in [3.05, 3.63) is 59.7 Å². The van der Waals surface area contributed by atoms with Crippen LogP contribution in [0.15, 0.2) is 48.5 Å². The zero-order valence-electron chi connectivity index (χ0n) is 14.9. The number of alkyl halides is 3. The van der Waals surface area contributed by atoms with E-state index in [0.29, 0.717) is 0 Å². The topological polar surface area (TPSA) is 73.9 Å². The zero-order valence-corrected chi connectivity index (χ0v) is 14.9. The summed E-state index contributed by atoms with van der Waals surface area (Å²) in [7, 11) is 1.44. The van der Waals surface area contributed by atoms with Crippen LogP contribution in [0.25, 0.3) is 0 Å². The molecule has 2 aromatic carbocycles. The first-order valence-electron chi connectivity index (χ1n) is 8.16. The van der Waals surface area contributed by atoms with Crippen molar-refractivity contribution >= 4 is 17.6 Å². The highest BCUT2D eigenvalue weighted by atomic mass is 19.4. The average molecular weight is 397 g/mol.